The first-order valence-electron chi connectivity index (χ1n) is 5.07. The van der Waals surface area contributed by atoms with Crippen LogP contribution in [0.1, 0.15) is 25.0 Å². The molecule has 7 heteroatoms. The van der Waals surface area contributed by atoms with Crippen LogP contribution in [0.5, 0.6) is 0 Å². The summed E-state index contributed by atoms with van der Waals surface area (Å²) in [6.45, 7) is 2.85. The number of aliphatic hydroxyl groups is 1. The van der Waals surface area contributed by atoms with Crippen molar-refractivity contribution in [2.24, 2.45) is 0 Å². The van der Waals surface area contributed by atoms with Gasteiger partial charge in [0.25, 0.3) is 5.69 Å². The van der Waals surface area contributed by atoms with Gasteiger partial charge in [-0.1, -0.05) is 6.07 Å². The van der Waals surface area contributed by atoms with Crippen LogP contribution in [0.4, 0.5) is 18.9 Å². The quantitative estimate of drug-likeness (QED) is 0.673. The van der Waals surface area contributed by atoms with E-state index in [2.05, 4.69) is 0 Å². The molecule has 0 radical (unpaired) electrons. The van der Waals surface area contributed by atoms with E-state index in [-0.39, 0.29) is 12.0 Å². The van der Waals surface area contributed by atoms with Gasteiger partial charge in [0.15, 0.2) is 0 Å². The van der Waals surface area contributed by atoms with Gasteiger partial charge < -0.3 is 5.11 Å². The fraction of sp³-hybridized carbons (Fsp3) is 0.455. The lowest BCUT2D eigenvalue weighted by atomic mass is 9.96. The average molecular weight is 263 g/mol. The minimum Gasteiger partial charge on any atom is -0.390 e. The molecule has 1 N–H and O–H groups in total. The van der Waals surface area contributed by atoms with Crippen molar-refractivity contribution in [2.75, 3.05) is 0 Å². The Morgan fingerprint density at radius 1 is 1.33 bits per heavy atom. The molecule has 100 valence electrons. The molecule has 18 heavy (non-hydrogen) atoms. The summed E-state index contributed by atoms with van der Waals surface area (Å²) in [7, 11) is 0. The van der Waals surface area contributed by atoms with Gasteiger partial charge in [0.05, 0.1) is 16.1 Å². The van der Waals surface area contributed by atoms with Crippen molar-refractivity contribution in [3.05, 3.63) is 39.4 Å². The van der Waals surface area contributed by atoms with E-state index >= 15 is 0 Å². The third-order valence-electron chi connectivity index (χ3n) is 2.23. The van der Waals surface area contributed by atoms with Crippen LogP contribution in [0.15, 0.2) is 18.2 Å². The minimum absolute atomic E-state index is 0.0699. The third kappa shape index (κ3) is 3.69. The molecule has 0 aliphatic carbocycles. The number of nitrogens with zero attached hydrogens (tertiary/aromatic N) is 1. The molecule has 1 aromatic carbocycles. The summed E-state index contributed by atoms with van der Waals surface area (Å²) in [5, 5.41) is 20.3. The van der Waals surface area contributed by atoms with Crippen molar-refractivity contribution in [1.82, 2.24) is 0 Å². The van der Waals surface area contributed by atoms with E-state index in [4.69, 9.17) is 0 Å². The Bertz CT molecular complexity index is 464. The maximum absolute atomic E-state index is 12.4. The number of nitro benzene ring substituents is 1. The zero-order chi connectivity index (χ0) is 14.1. The molecule has 0 unspecified atom stereocenters. The van der Waals surface area contributed by atoms with Gasteiger partial charge in [-0.3, -0.25) is 10.1 Å². The molecule has 0 fully saturated rings. The van der Waals surface area contributed by atoms with Crippen LogP contribution < -0.4 is 0 Å². The highest BCUT2D eigenvalue weighted by molar-refractivity contribution is 5.44. The molecule has 0 atom stereocenters. The Labute approximate surface area is 101 Å². The highest BCUT2D eigenvalue weighted by Gasteiger charge is 2.33. The molecule has 0 bridgehead atoms. The fourth-order valence-electron chi connectivity index (χ4n) is 1.53. The topological polar surface area (TPSA) is 63.4 Å². The summed E-state index contributed by atoms with van der Waals surface area (Å²) in [6.07, 6.45) is -4.72. The molecule has 0 saturated carbocycles. The Kier molecular flexibility index (Phi) is 3.66. The maximum atomic E-state index is 12.4. The monoisotopic (exact) mass is 263 g/mol. The average Bonchev–Trinajstić information content (AvgIpc) is 2.13. The van der Waals surface area contributed by atoms with Crippen molar-refractivity contribution in [3.8, 4) is 0 Å². The van der Waals surface area contributed by atoms with Gasteiger partial charge in [-0.2, -0.15) is 13.2 Å². The molecule has 0 amide bonds. The van der Waals surface area contributed by atoms with E-state index < -0.39 is 28.0 Å². The van der Waals surface area contributed by atoms with E-state index in [0.717, 1.165) is 12.1 Å². The largest absolute Gasteiger partial charge is 0.416 e. The second-order valence-corrected chi connectivity index (χ2v) is 4.59. The first kappa shape index (κ1) is 14.4. The molecule has 0 aliphatic heterocycles. The van der Waals surface area contributed by atoms with Crippen LogP contribution in [0, 0.1) is 10.1 Å². The first-order valence-corrected chi connectivity index (χ1v) is 5.07. The third-order valence-corrected chi connectivity index (χ3v) is 2.23. The Morgan fingerprint density at radius 3 is 2.28 bits per heavy atom. The van der Waals surface area contributed by atoms with Crippen molar-refractivity contribution in [1.29, 1.82) is 0 Å². The fourth-order valence-corrected chi connectivity index (χ4v) is 1.53. The summed E-state index contributed by atoms with van der Waals surface area (Å²) >= 11 is 0. The van der Waals surface area contributed by atoms with E-state index in [0.29, 0.717) is 6.07 Å². The Balaban J connectivity index is 3.26. The first-order chi connectivity index (χ1) is 8.00. The van der Waals surface area contributed by atoms with Crippen LogP contribution in [0.2, 0.25) is 0 Å². The van der Waals surface area contributed by atoms with Gasteiger partial charge in [0.2, 0.25) is 0 Å². The van der Waals surface area contributed by atoms with Gasteiger partial charge in [-0.15, -0.1) is 0 Å². The van der Waals surface area contributed by atoms with Crippen LogP contribution in [-0.4, -0.2) is 15.6 Å². The zero-order valence-corrected chi connectivity index (χ0v) is 9.78. The molecule has 1 rings (SSSR count). The molecular weight excluding hydrogens is 251 g/mol. The number of hydrogen-bond acceptors (Lipinski definition) is 3. The molecule has 0 spiro atoms. The lowest BCUT2D eigenvalue weighted by Crippen LogP contribution is -2.22. The van der Waals surface area contributed by atoms with Crippen molar-refractivity contribution >= 4 is 5.69 Å². The number of hydrogen-bond donors (Lipinski definition) is 1. The standard InChI is InChI=1S/C11H12F3NO3/c1-10(2,16)6-7-3-4-8(11(12,13)14)5-9(7)15(17)18/h3-5,16H,6H2,1-2H3. The highest BCUT2D eigenvalue weighted by atomic mass is 19.4. The van der Waals surface area contributed by atoms with Crippen LogP contribution in [0.3, 0.4) is 0 Å². The Hall–Kier alpha value is -1.63. The maximum Gasteiger partial charge on any atom is 0.416 e. The van der Waals surface area contributed by atoms with Crippen LogP contribution in [-0.2, 0) is 12.6 Å². The van der Waals surface area contributed by atoms with E-state index in [1.807, 2.05) is 0 Å². The van der Waals surface area contributed by atoms with Gasteiger partial charge in [-0.25, -0.2) is 0 Å². The van der Waals surface area contributed by atoms with E-state index in [9.17, 15) is 28.4 Å². The van der Waals surface area contributed by atoms with Gasteiger partial charge in [0.1, 0.15) is 0 Å². The van der Waals surface area contributed by atoms with Gasteiger partial charge in [-0.05, 0) is 19.9 Å². The molecule has 0 aliphatic rings. The SMILES string of the molecule is CC(C)(O)Cc1ccc(C(F)(F)F)cc1[N+](=O)[O-]. The van der Waals surface area contributed by atoms with Crippen molar-refractivity contribution in [2.45, 2.75) is 32.0 Å². The van der Waals surface area contributed by atoms with Crippen molar-refractivity contribution < 1.29 is 23.2 Å². The number of halogens is 3. The smallest absolute Gasteiger partial charge is 0.390 e. The van der Waals surface area contributed by atoms with E-state index in [1.165, 1.54) is 13.8 Å². The van der Waals surface area contributed by atoms with Gasteiger partial charge >= 0.3 is 6.18 Å². The highest BCUT2D eigenvalue weighted by Crippen LogP contribution is 2.33. The molecule has 1 aromatic rings. The second kappa shape index (κ2) is 4.56. The summed E-state index contributed by atoms with van der Waals surface area (Å²) < 4.78 is 37.3. The van der Waals surface area contributed by atoms with Gasteiger partial charge in [0, 0.05) is 18.1 Å². The summed E-state index contributed by atoms with van der Waals surface area (Å²) in [6, 6.07) is 2.29. The molecule has 0 saturated heterocycles. The molecule has 0 heterocycles. The van der Waals surface area contributed by atoms with E-state index in [1.54, 1.807) is 0 Å². The predicted octanol–water partition coefficient (Wildman–Crippen LogP) is 2.93. The number of benzene rings is 1. The lowest BCUT2D eigenvalue weighted by Gasteiger charge is -2.17. The van der Waals surface area contributed by atoms with Crippen molar-refractivity contribution in [3.63, 3.8) is 0 Å². The lowest BCUT2D eigenvalue weighted by molar-refractivity contribution is -0.386. The molecular formula is C11H12F3NO3. The summed E-state index contributed by atoms with van der Waals surface area (Å²) in [4.78, 5) is 9.86. The second-order valence-electron chi connectivity index (χ2n) is 4.59. The molecule has 0 aromatic heterocycles. The number of nitro groups is 1. The van der Waals surface area contributed by atoms with Crippen LogP contribution in [0.25, 0.3) is 0 Å². The predicted molar refractivity (Wildman–Crippen MR) is 58.1 cm³/mol. The van der Waals surface area contributed by atoms with Crippen LogP contribution >= 0.6 is 0 Å². The summed E-state index contributed by atoms with van der Waals surface area (Å²) in [5.41, 5.74) is -2.87. The minimum atomic E-state index is -4.63. The number of alkyl halides is 3. The molecule has 4 nitrogen and oxygen atoms in total. The number of rotatable bonds is 3. The zero-order valence-electron chi connectivity index (χ0n) is 9.78. The summed E-state index contributed by atoms with van der Waals surface area (Å²) in [5.74, 6) is 0. The Morgan fingerprint density at radius 2 is 1.89 bits per heavy atom. The normalized spacial score (nSPS) is 12.6.